The number of hydrogen-bond donors (Lipinski definition) is 0. The first-order chi connectivity index (χ1) is 7.18. The quantitative estimate of drug-likeness (QED) is 0.727. The Kier molecular flexibility index (Phi) is 2.60. The van der Waals surface area contributed by atoms with Crippen LogP contribution in [0.25, 0.3) is 0 Å². The molecule has 2 aromatic rings. The Labute approximate surface area is 91.8 Å². The molecule has 0 fully saturated rings. The Morgan fingerprint density at radius 3 is 2.47 bits per heavy atom. The van der Waals surface area contributed by atoms with E-state index in [4.69, 9.17) is 0 Å². The van der Waals surface area contributed by atoms with Crippen molar-refractivity contribution in [3.63, 3.8) is 0 Å². The van der Waals surface area contributed by atoms with Gasteiger partial charge in [-0.05, 0) is 30.9 Å². The molecule has 15 heavy (non-hydrogen) atoms. The van der Waals surface area contributed by atoms with Crippen molar-refractivity contribution in [3.05, 3.63) is 45.7 Å². The van der Waals surface area contributed by atoms with Crippen molar-refractivity contribution >= 4 is 17.1 Å². The van der Waals surface area contributed by atoms with Gasteiger partial charge in [0.1, 0.15) is 0 Å². The molecule has 0 unspecified atom stereocenters. The van der Waals surface area contributed by atoms with E-state index in [9.17, 15) is 4.79 Å². The van der Waals surface area contributed by atoms with E-state index >= 15 is 0 Å². The fraction of sp³-hybridized carbons (Fsp3) is 0.182. The fourth-order valence-electron chi connectivity index (χ4n) is 1.25. The number of aromatic nitrogens is 2. The lowest BCUT2D eigenvalue weighted by atomic mass is 10.1. The second-order valence-corrected chi connectivity index (χ2v) is 4.42. The van der Waals surface area contributed by atoms with Crippen molar-refractivity contribution in [2.45, 2.75) is 13.8 Å². The Morgan fingerprint density at radius 1 is 1.27 bits per heavy atom. The van der Waals surface area contributed by atoms with Gasteiger partial charge in [0.2, 0.25) is 11.6 Å². The minimum atomic E-state index is -0.103. The summed E-state index contributed by atoms with van der Waals surface area (Å²) in [5.41, 5.74) is 1.65. The number of aryl methyl sites for hydroxylation is 2. The highest BCUT2D eigenvalue weighted by molar-refractivity contribution is 7.10. The molecule has 0 atom stereocenters. The summed E-state index contributed by atoms with van der Waals surface area (Å²) < 4.78 is 0. The van der Waals surface area contributed by atoms with E-state index in [0.29, 0.717) is 5.56 Å². The number of carbonyl (C=O) groups is 1. The monoisotopic (exact) mass is 218 g/mol. The summed E-state index contributed by atoms with van der Waals surface area (Å²) in [6.07, 6.45) is 3.31. The highest BCUT2D eigenvalue weighted by Gasteiger charge is 2.14. The Hall–Kier alpha value is -1.55. The molecule has 0 saturated heterocycles. The van der Waals surface area contributed by atoms with E-state index < -0.39 is 0 Å². The SMILES string of the molecule is Cc1cnc(C(=O)c2ccsc2C)nc1. The van der Waals surface area contributed by atoms with Gasteiger partial charge in [-0.3, -0.25) is 4.79 Å². The number of thiophene rings is 1. The van der Waals surface area contributed by atoms with Crippen molar-refractivity contribution in [2.75, 3.05) is 0 Å². The Morgan fingerprint density at radius 2 is 1.93 bits per heavy atom. The third-order valence-corrected chi connectivity index (χ3v) is 2.93. The molecule has 4 heteroatoms. The molecule has 0 N–H and O–H groups in total. The molecule has 0 aliphatic rings. The van der Waals surface area contributed by atoms with Gasteiger partial charge in [-0.15, -0.1) is 11.3 Å². The van der Waals surface area contributed by atoms with Crippen molar-refractivity contribution in [1.29, 1.82) is 0 Å². The van der Waals surface area contributed by atoms with Gasteiger partial charge in [0.25, 0.3) is 0 Å². The van der Waals surface area contributed by atoms with Crippen LogP contribution in [0.3, 0.4) is 0 Å². The van der Waals surface area contributed by atoms with E-state index in [2.05, 4.69) is 9.97 Å². The predicted molar refractivity (Wildman–Crippen MR) is 59.3 cm³/mol. The summed E-state index contributed by atoms with van der Waals surface area (Å²) >= 11 is 1.55. The summed E-state index contributed by atoms with van der Waals surface area (Å²) in [6, 6.07) is 1.81. The first kappa shape index (κ1) is 9.98. The fourth-order valence-corrected chi connectivity index (χ4v) is 1.95. The van der Waals surface area contributed by atoms with Crippen LogP contribution in [0.2, 0.25) is 0 Å². The molecule has 0 aliphatic heterocycles. The van der Waals surface area contributed by atoms with Crippen molar-refractivity contribution in [3.8, 4) is 0 Å². The summed E-state index contributed by atoms with van der Waals surface area (Å²) in [5, 5.41) is 1.90. The maximum Gasteiger partial charge on any atom is 0.231 e. The number of carbonyl (C=O) groups excluding carboxylic acids is 1. The average Bonchev–Trinajstić information content (AvgIpc) is 2.65. The lowest BCUT2D eigenvalue weighted by molar-refractivity contribution is 0.102. The van der Waals surface area contributed by atoms with Crippen LogP contribution in [0.5, 0.6) is 0 Å². The van der Waals surface area contributed by atoms with E-state index in [1.54, 1.807) is 23.7 Å². The van der Waals surface area contributed by atoms with Gasteiger partial charge in [-0.25, -0.2) is 9.97 Å². The molecule has 0 aromatic carbocycles. The van der Waals surface area contributed by atoms with Gasteiger partial charge in [-0.2, -0.15) is 0 Å². The second-order valence-electron chi connectivity index (χ2n) is 3.30. The first-order valence-corrected chi connectivity index (χ1v) is 5.44. The zero-order chi connectivity index (χ0) is 10.8. The molecule has 2 heterocycles. The number of rotatable bonds is 2. The van der Waals surface area contributed by atoms with Gasteiger partial charge in [0.15, 0.2) is 0 Å². The number of hydrogen-bond acceptors (Lipinski definition) is 4. The van der Waals surface area contributed by atoms with Crippen LogP contribution in [0.1, 0.15) is 26.6 Å². The summed E-state index contributed by atoms with van der Waals surface area (Å²) in [7, 11) is 0. The molecule has 0 aliphatic carbocycles. The normalized spacial score (nSPS) is 10.3. The van der Waals surface area contributed by atoms with Crippen LogP contribution in [0.15, 0.2) is 23.8 Å². The van der Waals surface area contributed by atoms with Crippen LogP contribution in [-0.4, -0.2) is 15.8 Å². The highest BCUT2D eigenvalue weighted by atomic mass is 32.1. The van der Waals surface area contributed by atoms with Gasteiger partial charge < -0.3 is 0 Å². The van der Waals surface area contributed by atoms with Crippen LogP contribution in [0.4, 0.5) is 0 Å². The number of nitrogens with zero attached hydrogens (tertiary/aromatic N) is 2. The minimum Gasteiger partial charge on any atom is -0.285 e. The standard InChI is InChI=1S/C11H10N2OS/c1-7-5-12-11(13-6-7)10(14)9-3-4-15-8(9)2/h3-6H,1-2H3. The molecule has 0 spiro atoms. The lowest BCUT2D eigenvalue weighted by Gasteiger charge is -1.98. The molecule has 3 nitrogen and oxygen atoms in total. The van der Waals surface area contributed by atoms with Gasteiger partial charge >= 0.3 is 0 Å². The first-order valence-electron chi connectivity index (χ1n) is 4.56. The Balaban J connectivity index is 2.37. The molecule has 0 bridgehead atoms. The molecule has 76 valence electrons. The van der Waals surface area contributed by atoms with Crippen LogP contribution in [0, 0.1) is 13.8 Å². The Bertz CT molecular complexity index is 488. The molecule has 2 rings (SSSR count). The third-order valence-electron chi connectivity index (χ3n) is 2.09. The van der Waals surface area contributed by atoms with E-state index in [1.165, 1.54) is 0 Å². The van der Waals surface area contributed by atoms with Crippen molar-refractivity contribution < 1.29 is 4.79 Å². The molecular formula is C11H10N2OS. The molecule has 2 aromatic heterocycles. The third kappa shape index (κ3) is 1.94. The van der Waals surface area contributed by atoms with Crippen LogP contribution >= 0.6 is 11.3 Å². The van der Waals surface area contributed by atoms with Crippen molar-refractivity contribution in [2.24, 2.45) is 0 Å². The largest absolute Gasteiger partial charge is 0.285 e. The lowest BCUT2D eigenvalue weighted by Crippen LogP contribution is -2.06. The maximum atomic E-state index is 11.9. The summed E-state index contributed by atoms with van der Waals surface area (Å²) in [5.74, 6) is 0.163. The van der Waals surface area contributed by atoms with Crippen LogP contribution < -0.4 is 0 Å². The maximum absolute atomic E-state index is 11.9. The average molecular weight is 218 g/mol. The van der Waals surface area contributed by atoms with E-state index in [1.807, 2.05) is 25.3 Å². The molecule has 0 saturated carbocycles. The second kappa shape index (κ2) is 3.90. The summed E-state index contributed by atoms with van der Waals surface area (Å²) in [4.78, 5) is 21.0. The van der Waals surface area contributed by atoms with Crippen LogP contribution in [-0.2, 0) is 0 Å². The highest BCUT2D eigenvalue weighted by Crippen LogP contribution is 2.17. The smallest absolute Gasteiger partial charge is 0.231 e. The zero-order valence-electron chi connectivity index (χ0n) is 8.52. The topological polar surface area (TPSA) is 42.9 Å². The molecular weight excluding hydrogens is 208 g/mol. The number of ketones is 1. The van der Waals surface area contributed by atoms with E-state index in [0.717, 1.165) is 10.4 Å². The predicted octanol–water partition coefficient (Wildman–Crippen LogP) is 2.39. The zero-order valence-corrected chi connectivity index (χ0v) is 9.34. The summed E-state index contributed by atoms with van der Waals surface area (Å²) in [6.45, 7) is 3.82. The van der Waals surface area contributed by atoms with Crippen molar-refractivity contribution in [1.82, 2.24) is 9.97 Å². The van der Waals surface area contributed by atoms with E-state index in [-0.39, 0.29) is 11.6 Å². The minimum absolute atomic E-state index is 0.103. The van der Waals surface area contributed by atoms with Gasteiger partial charge in [0, 0.05) is 22.8 Å². The molecule has 0 radical (unpaired) electrons. The van der Waals surface area contributed by atoms with Gasteiger partial charge in [-0.1, -0.05) is 0 Å². The molecule has 0 amide bonds. The van der Waals surface area contributed by atoms with Gasteiger partial charge in [0.05, 0.1) is 0 Å².